The lowest BCUT2D eigenvalue weighted by molar-refractivity contribution is -0.144. The van der Waals surface area contributed by atoms with Crippen molar-refractivity contribution in [2.24, 2.45) is 0 Å². The van der Waals surface area contributed by atoms with Gasteiger partial charge in [0.15, 0.2) is 11.6 Å². The maximum absolute atomic E-state index is 13.7. The van der Waals surface area contributed by atoms with Crippen molar-refractivity contribution in [3.05, 3.63) is 48.1 Å². The molecular weight excluding hydrogens is 250 g/mol. The van der Waals surface area contributed by atoms with Gasteiger partial charge in [-0.15, -0.1) is 0 Å². The average molecular weight is 266 g/mol. The van der Waals surface area contributed by atoms with Gasteiger partial charge in [0, 0.05) is 6.08 Å². The number of hydrogen-bond acceptors (Lipinski definition) is 2. The summed E-state index contributed by atoms with van der Waals surface area (Å²) < 4.78 is 32.0. The maximum Gasteiger partial charge on any atom is 0.330 e. The van der Waals surface area contributed by atoms with E-state index in [1.165, 1.54) is 6.07 Å². The normalized spacial score (nSPS) is 22.8. The first-order chi connectivity index (χ1) is 9.11. The molecule has 0 unspecified atom stereocenters. The number of hydrogen-bond donors (Lipinski definition) is 0. The summed E-state index contributed by atoms with van der Waals surface area (Å²) in [6.07, 6.45) is 3.71. The van der Waals surface area contributed by atoms with Crippen LogP contribution in [0.4, 0.5) is 8.78 Å². The van der Waals surface area contributed by atoms with Crippen LogP contribution in [0.25, 0.3) is 0 Å². The molecule has 0 radical (unpaired) electrons. The van der Waals surface area contributed by atoms with Gasteiger partial charge in [-0.1, -0.05) is 18.7 Å². The Morgan fingerprint density at radius 2 is 1.95 bits per heavy atom. The van der Waals surface area contributed by atoms with Crippen LogP contribution in [0.5, 0.6) is 0 Å². The van der Waals surface area contributed by atoms with Crippen LogP contribution in [0.3, 0.4) is 0 Å². The Morgan fingerprint density at radius 1 is 1.26 bits per heavy atom. The summed E-state index contributed by atoms with van der Waals surface area (Å²) in [6, 6.07) is 4.27. The summed E-state index contributed by atoms with van der Waals surface area (Å²) >= 11 is 0. The molecule has 0 aliphatic heterocycles. The van der Waals surface area contributed by atoms with E-state index in [9.17, 15) is 13.6 Å². The van der Waals surface area contributed by atoms with Gasteiger partial charge >= 0.3 is 5.97 Å². The number of halogens is 2. The molecule has 19 heavy (non-hydrogen) atoms. The molecule has 2 rings (SSSR count). The van der Waals surface area contributed by atoms with E-state index in [4.69, 9.17) is 4.74 Å². The number of carbonyl (C=O) groups is 1. The highest BCUT2D eigenvalue weighted by atomic mass is 19.2. The van der Waals surface area contributed by atoms with Crippen molar-refractivity contribution in [3.8, 4) is 0 Å². The van der Waals surface area contributed by atoms with E-state index in [2.05, 4.69) is 6.58 Å². The highest BCUT2D eigenvalue weighted by molar-refractivity contribution is 5.81. The molecule has 0 amide bonds. The zero-order valence-electron chi connectivity index (χ0n) is 10.6. The van der Waals surface area contributed by atoms with Crippen molar-refractivity contribution in [2.75, 3.05) is 0 Å². The van der Waals surface area contributed by atoms with E-state index in [1.807, 2.05) is 0 Å². The molecule has 0 bridgehead atoms. The van der Waals surface area contributed by atoms with Gasteiger partial charge in [0.25, 0.3) is 0 Å². The van der Waals surface area contributed by atoms with Crippen molar-refractivity contribution in [3.63, 3.8) is 0 Å². The molecule has 102 valence electrons. The molecule has 0 saturated heterocycles. The lowest BCUT2D eigenvalue weighted by atomic mass is 9.82. The molecule has 2 nitrogen and oxygen atoms in total. The SMILES string of the molecule is C=CC(=O)OC1CCC(c2cccc(F)c2F)CC1. The lowest BCUT2D eigenvalue weighted by Gasteiger charge is -2.28. The first-order valence-electron chi connectivity index (χ1n) is 6.38. The second-order valence-electron chi connectivity index (χ2n) is 4.76. The van der Waals surface area contributed by atoms with E-state index < -0.39 is 17.6 Å². The summed E-state index contributed by atoms with van der Waals surface area (Å²) in [5.74, 6) is -2.00. The smallest absolute Gasteiger partial charge is 0.330 e. The first-order valence-corrected chi connectivity index (χ1v) is 6.38. The van der Waals surface area contributed by atoms with Crippen LogP contribution in [0.15, 0.2) is 30.9 Å². The fraction of sp³-hybridized carbons (Fsp3) is 0.400. The van der Waals surface area contributed by atoms with Crippen LogP contribution < -0.4 is 0 Å². The maximum atomic E-state index is 13.7. The summed E-state index contributed by atoms with van der Waals surface area (Å²) in [5.41, 5.74) is 0.425. The van der Waals surface area contributed by atoms with Crippen LogP contribution in [-0.4, -0.2) is 12.1 Å². The van der Waals surface area contributed by atoms with Crippen LogP contribution in [0.2, 0.25) is 0 Å². The molecule has 1 fully saturated rings. The topological polar surface area (TPSA) is 26.3 Å². The van der Waals surface area contributed by atoms with Gasteiger partial charge in [0.05, 0.1) is 0 Å². The minimum Gasteiger partial charge on any atom is -0.459 e. The van der Waals surface area contributed by atoms with Crippen LogP contribution in [0.1, 0.15) is 37.2 Å². The number of carbonyl (C=O) groups excluding carboxylic acids is 1. The molecule has 0 aromatic heterocycles. The molecule has 1 aliphatic rings. The van der Waals surface area contributed by atoms with Crippen molar-refractivity contribution in [2.45, 2.75) is 37.7 Å². The van der Waals surface area contributed by atoms with Gasteiger partial charge in [-0.05, 0) is 43.2 Å². The predicted octanol–water partition coefficient (Wildman–Crippen LogP) is 3.72. The van der Waals surface area contributed by atoms with Crippen molar-refractivity contribution in [1.82, 2.24) is 0 Å². The lowest BCUT2D eigenvalue weighted by Crippen LogP contribution is -2.23. The van der Waals surface area contributed by atoms with Crippen LogP contribution in [0, 0.1) is 11.6 Å². The standard InChI is InChI=1S/C15H16F2O2/c1-2-14(18)19-11-8-6-10(7-9-11)12-4-3-5-13(16)15(12)17/h2-5,10-11H,1,6-9H2. The monoisotopic (exact) mass is 266 g/mol. The van der Waals surface area contributed by atoms with Gasteiger partial charge in [-0.2, -0.15) is 0 Å². The minimum absolute atomic E-state index is 0.00520. The third-order valence-corrected chi connectivity index (χ3v) is 3.54. The van der Waals surface area contributed by atoms with E-state index in [0.29, 0.717) is 31.2 Å². The molecule has 0 heterocycles. The molecule has 0 atom stereocenters. The van der Waals surface area contributed by atoms with Crippen molar-refractivity contribution >= 4 is 5.97 Å². The Bertz CT molecular complexity index is 477. The van der Waals surface area contributed by atoms with E-state index in [-0.39, 0.29) is 12.0 Å². The van der Waals surface area contributed by atoms with Gasteiger partial charge < -0.3 is 4.74 Å². The number of benzene rings is 1. The summed E-state index contributed by atoms with van der Waals surface area (Å²) in [6.45, 7) is 3.34. The van der Waals surface area contributed by atoms with E-state index >= 15 is 0 Å². The molecule has 0 N–H and O–H groups in total. The summed E-state index contributed by atoms with van der Waals surface area (Å²) in [4.78, 5) is 11.1. The third-order valence-electron chi connectivity index (χ3n) is 3.54. The third kappa shape index (κ3) is 3.19. The van der Waals surface area contributed by atoms with E-state index in [0.717, 1.165) is 12.1 Å². The Morgan fingerprint density at radius 3 is 2.58 bits per heavy atom. The van der Waals surface area contributed by atoms with Crippen molar-refractivity contribution in [1.29, 1.82) is 0 Å². The highest BCUT2D eigenvalue weighted by Gasteiger charge is 2.26. The fourth-order valence-electron chi connectivity index (χ4n) is 2.54. The molecule has 0 spiro atoms. The fourth-order valence-corrected chi connectivity index (χ4v) is 2.54. The highest BCUT2D eigenvalue weighted by Crippen LogP contribution is 2.35. The van der Waals surface area contributed by atoms with Gasteiger partial charge in [0.2, 0.25) is 0 Å². The van der Waals surface area contributed by atoms with Crippen LogP contribution in [-0.2, 0) is 9.53 Å². The Kier molecular flexibility index (Phi) is 4.30. The predicted molar refractivity (Wildman–Crippen MR) is 67.6 cm³/mol. The summed E-state index contributed by atoms with van der Waals surface area (Å²) in [7, 11) is 0. The zero-order chi connectivity index (χ0) is 13.8. The second-order valence-corrected chi connectivity index (χ2v) is 4.76. The molecule has 1 aromatic carbocycles. The molecule has 1 saturated carbocycles. The van der Waals surface area contributed by atoms with Gasteiger partial charge in [-0.25, -0.2) is 13.6 Å². The number of esters is 1. The Hall–Kier alpha value is -1.71. The van der Waals surface area contributed by atoms with Crippen LogP contribution >= 0.6 is 0 Å². The summed E-state index contributed by atoms with van der Waals surface area (Å²) in [5, 5.41) is 0. The zero-order valence-corrected chi connectivity index (χ0v) is 10.6. The molecule has 4 heteroatoms. The minimum atomic E-state index is -0.808. The van der Waals surface area contributed by atoms with Gasteiger partial charge in [-0.3, -0.25) is 0 Å². The second kappa shape index (κ2) is 5.95. The largest absolute Gasteiger partial charge is 0.459 e. The number of ether oxygens (including phenoxy) is 1. The first kappa shape index (κ1) is 13.7. The van der Waals surface area contributed by atoms with Gasteiger partial charge in [0.1, 0.15) is 6.10 Å². The molecule has 1 aromatic rings. The average Bonchev–Trinajstić information content (AvgIpc) is 2.43. The van der Waals surface area contributed by atoms with Crippen molar-refractivity contribution < 1.29 is 18.3 Å². The molecule has 1 aliphatic carbocycles. The quantitative estimate of drug-likeness (QED) is 0.615. The Labute approximate surface area is 111 Å². The number of rotatable bonds is 3. The Balaban J connectivity index is 1.98. The molecular formula is C15H16F2O2. The van der Waals surface area contributed by atoms with E-state index in [1.54, 1.807) is 6.07 Å².